The molecule has 1 heterocycles. The van der Waals surface area contributed by atoms with Gasteiger partial charge >= 0.3 is 0 Å². The second-order valence-corrected chi connectivity index (χ2v) is 7.01. The van der Waals surface area contributed by atoms with E-state index in [9.17, 15) is 0 Å². The van der Waals surface area contributed by atoms with Gasteiger partial charge < -0.3 is 5.32 Å². The molecule has 98 valence electrons. The smallest absolute Gasteiger partial charge is 0.0136 e. The minimum atomic E-state index is 0.269. The van der Waals surface area contributed by atoms with Crippen LogP contribution < -0.4 is 5.32 Å². The van der Waals surface area contributed by atoms with E-state index >= 15 is 0 Å². The maximum Gasteiger partial charge on any atom is 0.0136 e. The van der Waals surface area contributed by atoms with E-state index in [1.165, 1.54) is 37.8 Å². The maximum absolute atomic E-state index is 3.70. The minimum absolute atomic E-state index is 0.269. The largest absolute Gasteiger partial charge is 0.313 e. The number of rotatable bonds is 1. The fourth-order valence-corrected chi connectivity index (χ4v) is 3.57. The average molecular weight is 243 g/mol. The van der Waals surface area contributed by atoms with Gasteiger partial charge in [0.1, 0.15) is 0 Å². The van der Waals surface area contributed by atoms with Gasteiger partial charge in [-0.1, -0.05) is 39.0 Å². The van der Waals surface area contributed by atoms with E-state index < -0.39 is 0 Å². The third kappa shape index (κ3) is 2.09. The Bertz CT molecular complexity index is 435. The highest BCUT2D eigenvalue weighted by Gasteiger charge is 2.32. The first-order valence-corrected chi connectivity index (χ1v) is 7.42. The number of nitrogens with one attached hydrogen (secondary N) is 1. The van der Waals surface area contributed by atoms with Gasteiger partial charge in [0.05, 0.1) is 0 Å². The molecule has 18 heavy (non-hydrogen) atoms. The molecule has 0 aromatic heterocycles. The zero-order valence-electron chi connectivity index (χ0n) is 11.9. The molecule has 2 aliphatic rings. The Morgan fingerprint density at radius 3 is 2.67 bits per heavy atom. The van der Waals surface area contributed by atoms with Crippen LogP contribution in [-0.2, 0) is 11.8 Å². The molecule has 1 aliphatic carbocycles. The summed E-state index contributed by atoms with van der Waals surface area (Å²) in [6.45, 7) is 8.15. The molecule has 1 saturated heterocycles. The van der Waals surface area contributed by atoms with E-state index in [0.29, 0.717) is 0 Å². The van der Waals surface area contributed by atoms with Crippen LogP contribution in [0.15, 0.2) is 18.2 Å². The van der Waals surface area contributed by atoms with E-state index in [0.717, 1.165) is 12.0 Å². The van der Waals surface area contributed by atoms with E-state index in [2.05, 4.69) is 44.3 Å². The Kier molecular flexibility index (Phi) is 2.97. The quantitative estimate of drug-likeness (QED) is 0.792. The van der Waals surface area contributed by atoms with Crippen molar-refractivity contribution in [3.8, 4) is 0 Å². The van der Waals surface area contributed by atoms with Gasteiger partial charge in [-0.3, -0.25) is 0 Å². The molecule has 1 aromatic carbocycles. The number of fused-ring (bicyclic) bond motifs is 1. The van der Waals surface area contributed by atoms with Crippen LogP contribution in [0.4, 0.5) is 0 Å². The molecular weight excluding hydrogens is 218 g/mol. The van der Waals surface area contributed by atoms with Crippen LogP contribution in [0.3, 0.4) is 0 Å². The second kappa shape index (κ2) is 4.38. The molecule has 1 fully saturated rings. The van der Waals surface area contributed by atoms with Crippen molar-refractivity contribution < 1.29 is 0 Å². The first-order valence-electron chi connectivity index (χ1n) is 7.42. The Labute approximate surface area is 111 Å². The Balaban J connectivity index is 1.93. The molecule has 3 rings (SSSR count). The lowest BCUT2D eigenvalue weighted by Crippen LogP contribution is -2.27. The third-order valence-electron chi connectivity index (χ3n) is 4.72. The van der Waals surface area contributed by atoms with Gasteiger partial charge in [0.2, 0.25) is 0 Å². The predicted molar refractivity (Wildman–Crippen MR) is 77.2 cm³/mol. The van der Waals surface area contributed by atoms with Gasteiger partial charge in [0, 0.05) is 6.04 Å². The molecule has 0 amide bonds. The lowest BCUT2D eigenvalue weighted by Gasteiger charge is -2.24. The van der Waals surface area contributed by atoms with Crippen molar-refractivity contribution in [3.63, 3.8) is 0 Å². The van der Waals surface area contributed by atoms with Crippen LogP contribution >= 0.6 is 0 Å². The minimum Gasteiger partial charge on any atom is -0.313 e. The second-order valence-electron chi connectivity index (χ2n) is 7.01. The van der Waals surface area contributed by atoms with Gasteiger partial charge in [-0.2, -0.15) is 0 Å². The molecule has 0 saturated carbocycles. The van der Waals surface area contributed by atoms with Gasteiger partial charge in [0.25, 0.3) is 0 Å². The molecule has 0 spiro atoms. The molecule has 1 heteroatoms. The SMILES string of the molecule is CC(C)(C)c1ccc2c(c1)[C@@H]([C@@H]1CCCN1)CC2. The Morgan fingerprint density at radius 2 is 2.00 bits per heavy atom. The summed E-state index contributed by atoms with van der Waals surface area (Å²) in [6, 6.07) is 7.95. The average Bonchev–Trinajstić information content (AvgIpc) is 2.95. The van der Waals surface area contributed by atoms with Gasteiger partial charge in [0.15, 0.2) is 0 Å². The first-order chi connectivity index (χ1) is 8.55. The summed E-state index contributed by atoms with van der Waals surface area (Å²) in [6.07, 6.45) is 5.35. The summed E-state index contributed by atoms with van der Waals surface area (Å²) in [5.74, 6) is 0.768. The molecular formula is C17H25N. The Hall–Kier alpha value is -0.820. The van der Waals surface area contributed by atoms with Crippen LogP contribution in [0.5, 0.6) is 0 Å². The summed E-state index contributed by atoms with van der Waals surface area (Å²) in [4.78, 5) is 0. The van der Waals surface area contributed by atoms with Gasteiger partial charge in [-0.05, 0) is 60.3 Å². The normalized spacial score (nSPS) is 27.5. The molecule has 1 nitrogen and oxygen atoms in total. The van der Waals surface area contributed by atoms with Crippen molar-refractivity contribution in [2.24, 2.45) is 0 Å². The summed E-state index contributed by atoms with van der Waals surface area (Å²) < 4.78 is 0. The van der Waals surface area contributed by atoms with Crippen molar-refractivity contribution >= 4 is 0 Å². The highest BCUT2D eigenvalue weighted by atomic mass is 14.9. The molecule has 1 aromatic rings. The zero-order valence-corrected chi connectivity index (χ0v) is 11.9. The van der Waals surface area contributed by atoms with Crippen LogP contribution in [-0.4, -0.2) is 12.6 Å². The molecule has 2 atom stereocenters. The predicted octanol–water partition coefficient (Wildman–Crippen LogP) is 3.77. The Morgan fingerprint density at radius 1 is 1.17 bits per heavy atom. The molecule has 1 N–H and O–H groups in total. The van der Waals surface area contributed by atoms with E-state index in [1.54, 1.807) is 11.1 Å². The van der Waals surface area contributed by atoms with Crippen LogP contribution in [0.25, 0.3) is 0 Å². The van der Waals surface area contributed by atoms with Gasteiger partial charge in [-0.25, -0.2) is 0 Å². The topological polar surface area (TPSA) is 12.0 Å². The van der Waals surface area contributed by atoms with Crippen LogP contribution in [0.2, 0.25) is 0 Å². The molecule has 1 aliphatic heterocycles. The summed E-state index contributed by atoms with van der Waals surface area (Å²) in [7, 11) is 0. The molecule has 0 bridgehead atoms. The van der Waals surface area contributed by atoms with Crippen molar-refractivity contribution in [3.05, 3.63) is 34.9 Å². The standard InChI is InChI=1S/C17H25N/c1-17(2,3)13-8-6-12-7-9-14(15(12)11-13)16-5-4-10-18-16/h6,8,11,14,16,18H,4-5,7,9-10H2,1-3H3/t14-,16-/m0/s1. The number of aryl methyl sites for hydroxylation is 1. The van der Waals surface area contributed by atoms with E-state index in [1.807, 2.05) is 0 Å². The maximum atomic E-state index is 3.70. The fourth-order valence-electron chi connectivity index (χ4n) is 3.57. The molecule has 0 unspecified atom stereocenters. The first kappa shape index (κ1) is 12.2. The van der Waals surface area contributed by atoms with Crippen molar-refractivity contribution in [1.82, 2.24) is 5.32 Å². The van der Waals surface area contributed by atoms with Crippen LogP contribution in [0.1, 0.15) is 62.6 Å². The summed E-state index contributed by atoms with van der Waals surface area (Å²) in [5.41, 5.74) is 5.00. The van der Waals surface area contributed by atoms with E-state index in [-0.39, 0.29) is 5.41 Å². The molecule has 0 radical (unpaired) electrons. The van der Waals surface area contributed by atoms with Crippen molar-refractivity contribution in [2.45, 2.75) is 63.8 Å². The highest BCUT2D eigenvalue weighted by molar-refractivity contribution is 5.41. The fraction of sp³-hybridized carbons (Fsp3) is 0.647. The lowest BCUT2D eigenvalue weighted by molar-refractivity contribution is 0.484. The number of hydrogen-bond acceptors (Lipinski definition) is 1. The summed E-state index contributed by atoms with van der Waals surface area (Å²) >= 11 is 0. The highest BCUT2D eigenvalue weighted by Crippen LogP contribution is 2.39. The zero-order chi connectivity index (χ0) is 12.8. The van der Waals surface area contributed by atoms with Gasteiger partial charge in [-0.15, -0.1) is 0 Å². The van der Waals surface area contributed by atoms with Crippen LogP contribution in [0, 0.1) is 0 Å². The number of benzene rings is 1. The lowest BCUT2D eigenvalue weighted by atomic mass is 9.83. The number of hydrogen-bond donors (Lipinski definition) is 1. The van der Waals surface area contributed by atoms with Crippen molar-refractivity contribution in [1.29, 1.82) is 0 Å². The van der Waals surface area contributed by atoms with Crippen molar-refractivity contribution in [2.75, 3.05) is 6.54 Å². The monoisotopic (exact) mass is 243 g/mol. The van der Waals surface area contributed by atoms with E-state index in [4.69, 9.17) is 0 Å². The third-order valence-corrected chi connectivity index (χ3v) is 4.72. The summed E-state index contributed by atoms with van der Waals surface area (Å²) in [5, 5.41) is 3.70.